The maximum Gasteiger partial charge on any atom is 0.411 e. The van der Waals surface area contributed by atoms with Crippen molar-refractivity contribution in [3.63, 3.8) is 0 Å². The lowest BCUT2D eigenvalue weighted by Crippen LogP contribution is -2.18. The average molecular weight is 267 g/mol. The number of hydrogen-bond acceptors (Lipinski definition) is 5. The van der Waals surface area contributed by atoms with Crippen LogP contribution in [-0.2, 0) is 11.2 Å². The maximum atomic E-state index is 11.8. The molecule has 1 aromatic rings. The minimum absolute atomic E-state index is 0.121. The Hall–Kier alpha value is -1.15. The minimum atomic E-state index is -4.32. The van der Waals surface area contributed by atoms with Crippen molar-refractivity contribution in [3.8, 4) is 0 Å². The van der Waals surface area contributed by atoms with Gasteiger partial charge in [-0.15, -0.1) is 0 Å². The number of aromatic nitrogens is 2. The molecule has 0 aliphatic heterocycles. The van der Waals surface area contributed by atoms with E-state index >= 15 is 0 Å². The first kappa shape index (κ1) is 14.9. The highest BCUT2D eigenvalue weighted by atomic mass is 19.4. The first-order chi connectivity index (χ1) is 8.42. The molecule has 0 saturated heterocycles. The summed E-state index contributed by atoms with van der Waals surface area (Å²) in [4.78, 5) is 4.00. The van der Waals surface area contributed by atoms with Crippen LogP contribution in [0.2, 0.25) is 0 Å². The predicted molar refractivity (Wildman–Crippen MR) is 56.7 cm³/mol. The van der Waals surface area contributed by atoms with E-state index in [2.05, 4.69) is 14.9 Å². The van der Waals surface area contributed by atoms with Gasteiger partial charge in [-0.05, 0) is 6.42 Å². The first-order valence-electron chi connectivity index (χ1n) is 5.65. The minimum Gasteiger partial charge on any atom is -0.372 e. The Balaban J connectivity index is 2.31. The van der Waals surface area contributed by atoms with Crippen LogP contribution in [0.15, 0.2) is 4.52 Å². The van der Waals surface area contributed by atoms with Gasteiger partial charge in [0.05, 0.1) is 19.1 Å². The van der Waals surface area contributed by atoms with Crippen LogP contribution in [0.1, 0.15) is 37.5 Å². The molecule has 0 bridgehead atoms. The number of ether oxygens (including phenoxy) is 1. The zero-order valence-corrected chi connectivity index (χ0v) is 10.0. The van der Waals surface area contributed by atoms with Crippen molar-refractivity contribution in [2.45, 2.75) is 38.4 Å². The first-order valence-corrected chi connectivity index (χ1v) is 5.65. The van der Waals surface area contributed by atoms with E-state index in [9.17, 15) is 13.2 Å². The van der Waals surface area contributed by atoms with Gasteiger partial charge in [0.15, 0.2) is 5.82 Å². The summed E-state index contributed by atoms with van der Waals surface area (Å²) in [6.45, 7) is 0.583. The molecule has 1 unspecified atom stereocenters. The van der Waals surface area contributed by atoms with E-state index in [0.29, 0.717) is 5.82 Å². The molecule has 0 aromatic carbocycles. The zero-order chi connectivity index (χ0) is 13.6. The fraction of sp³-hybridized carbons (Fsp3) is 0.800. The quantitative estimate of drug-likeness (QED) is 0.765. The molecule has 0 fully saturated rings. The van der Waals surface area contributed by atoms with Gasteiger partial charge in [0, 0.05) is 0 Å². The molecule has 5 nitrogen and oxygen atoms in total. The zero-order valence-electron chi connectivity index (χ0n) is 10.0. The molecule has 104 valence electrons. The summed E-state index contributed by atoms with van der Waals surface area (Å²) in [5.41, 5.74) is 5.77. The lowest BCUT2D eigenvalue weighted by atomic mass is 10.2. The molecule has 18 heavy (non-hydrogen) atoms. The van der Waals surface area contributed by atoms with Gasteiger partial charge < -0.3 is 15.0 Å². The summed E-state index contributed by atoms with van der Waals surface area (Å²) in [7, 11) is 0. The molecule has 1 aromatic heterocycles. The molecule has 0 aliphatic carbocycles. The largest absolute Gasteiger partial charge is 0.411 e. The lowest BCUT2D eigenvalue weighted by Gasteiger charge is -2.05. The Morgan fingerprint density at radius 2 is 2.17 bits per heavy atom. The summed E-state index contributed by atoms with van der Waals surface area (Å²) in [6.07, 6.45) is -2.56. The van der Waals surface area contributed by atoms with Gasteiger partial charge >= 0.3 is 6.18 Å². The van der Waals surface area contributed by atoms with Crippen LogP contribution in [0, 0.1) is 0 Å². The van der Waals surface area contributed by atoms with Crippen LogP contribution in [0.5, 0.6) is 0 Å². The van der Waals surface area contributed by atoms with Crippen LogP contribution in [0.3, 0.4) is 0 Å². The molecule has 0 saturated carbocycles. The smallest absolute Gasteiger partial charge is 0.372 e. The molecule has 1 heterocycles. The van der Waals surface area contributed by atoms with Crippen LogP contribution in [0.25, 0.3) is 0 Å². The highest BCUT2D eigenvalue weighted by molar-refractivity contribution is 4.92. The molecular weight excluding hydrogens is 251 g/mol. The van der Waals surface area contributed by atoms with Crippen LogP contribution < -0.4 is 5.73 Å². The Kier molecular flexibility index (Phi) is 5.54. The van der Waals surface area contributed by atoms with Crippen molar-refractivity contribution in [1.82, 2.24) is 10.1 Å². The van der Waals surface area contributed by atoms with Crippen molar-refractivity contribution in [2.24, 2.45) is 5.73 Å². The van der Waals surface area contributed by atoms with E-state index in [4.69, 9.17) is 10.3 Å². The third kappa shape index (κ3) is 5.46. The van der Waals surface area contributed by atoms with Gasteiger partial charge in [0.1, 0.15) is 6.61 Å². The van der Waals surface area contributed by atoms with Crippen LogP contribution >= 0.6 is 0 Å². The average Bonchev–Trinajstić information content (AvgIpc) is 2.72. The normalized spacial score (nSPS) is 13.8. The third-order valence-electron chi connectivity index (χ3n) is 2.14. The maximum absolute atomic E-state index is 11.8. The van der Waals surface area contributed by atoms with Gasteiger partial charge in [-0.2, -0.15) is 18.2 Å². The second kappa shape index (κ2) is 6.69. The standard InChI is InChI=1S/C10H16F3N3O2/c1-2-3-7(14)9-15-8(18-16-9)4-5-17-6-10(11,12)13/h7H,2-6,14H2,1H3. The van der Waals surface area contributed by atoms with Gasteiger partial charge in [0.2, 0.25) is 5.89 Å². The molecule has 0 spiro atoms. The molecule has 1 atom stereocenters. The third-order valence-corrected chi connectivity index (χ3v) is 2.14. The van der Waals surface area contributed by atoms with Crippen molar-refractivity contribution in [2.75, 3.05) is 13.2 Å². The molecule has 2 N–H and O–H groups in total. The number of halogens is 3. The van der Waals surface area contributed by atoms with Gasteiger partial charge in [-0.1, -0.05) is 18.5 Å². The molecule has 0 radical (unpaired) electrons. The second-order valence-electron chi connectivity index (χ2n) is 3.86. The van der Waals surface area contributed by atoms with Crippen molar-refractivity contribution < 1.29 is 22.4 Å². The topological polar surface area (TPSA) is 74.2 Å². The van der Waals surface area contributed by atoms with Crippen molar-refractivity contribution in [1.29, 1.82) is 0 Å². The van der Waals surface area contributed by atoms with Gasteiger partial charge in [-0.25, -0.2) is 0 Å². The van der Waals surface area contributed by atoms with E-state index in [0.717, 1.165) is 12.8 Å². The van der Waals surface area contributed by atoms with Gasteiger partial charge in [-0.3, -0.25) is 0 Å². The van der Waals surface area contributed by atoms with E-state index in [1.54, 1.807) is 0 Å². The second-order valence-corrected chi connectivity index (χ2v) is 3.86. The Labute approximate surface area is 102 Å². The molecule has 0 amide bonds. The number of alkyl halides is 3. The molecule has 1 rings (SSSR count). The van der Waals surface area contributed by atoms with E-state index in [1.807, 2.05) is 6.92 Å². The molecular formula is C10H16F3N3O2. The Morgan fingerprint density at radius 1 is 1.44 bits per heavy atom. The monoisotopic (exact) mass is 267 g/mol. The number of nitrogens with zero attached hydrogens (tertiary/aromatic N) is 2. The van der Waals surface area contributed by atoms with E-state index in [1.165, 1.54) is 0 Å². The lowest BCUT2D eigenvalue weighted by molar-refractivity contribution is -0.173. The van der Waals surface area contributed by atoms with E-state index in [-0.39, 0.29) is 25.0 Å². The SMILES string of the molecule is CCCC(N)c1noc(CCOCC(F)(F)F)n1. The number of rotatable bonds is 7. The highest BCUT2D eigenvalue weighted by Gasteiger charge is 2.27. The van der Waals surface area contributed by atoms with Crippen molar-refractivity contribution in [3.05, 3.63) is 11.7 Å². The summed E-state index contributed by atoms with van der Waals surface area (Å²) in [6, 6.07) is -0.302. The summed E-state index contributed by atoms with van der Waals surface area (Å²) in [5, 5.41) is 3.67. The van der Waals surface area contributed by atoms with Crippen molar-refractivity contribution >= 4 is 0 Å². The summed E-state index contributed by atoms with van der Waals surface area (Å²) >= 11 is 0. The Morgan fingerprint density at radius 3 is 2.78 bits per heavy atom. The predicted octanol–water partition coefficient (Wildman–Crippen LogP) is 1.99. The summed E-state index contributed by atoms with van der Waals surface area (Å²) < 4.78 is 44.6. The Bertz CT molecular complexity index is 354. The van der Waals surface area contributed by atoms with Gasteiger partial charge in [0.25, 0.3) is 0 Å². The van der Waals surface area contributed by atoms with Crippen LogP contribution in [0.4, 0.5) is 13.2 Å². The fourth-order valence-corrected chi connectivity index (χ4v) is 1.31. The fourth-order valence-electron chi connectivity index (χ4n) is 1.31. The number of nitrogens with two attached hydrogens (primary N) is 1. The van der Waals surface area contributed by atoms with E-state index < -0.39 is 12.8 Å². The molecule has 8 heteroatoms. The number of hydrogen-bond donors (Lipinski definition) is 1. The van der Waals surface area contributed by atoms with Crippen LogP contribution in [-0.4, -0.2) is 29.5 Å². The molecule has 0 aliphatic rings. The highest BCUT2D eigenvalue weighted by Crippen LogP contribution is 2.15. The summed E-state index contributed by atoms with van der Waals surface area (Å²) in [5.74, 6) is 0.612.